The van der Waals surface area contributed by atoms with Crippen molar-refractivity contribution in [3.8, 4) is 0 Å². The number of imidazole rings is 1. The Balaban J connectivity index is 1.86. The highest BCUT2D eigenvalue weighted by molar-refractivity contribution is 5.95. The fraction of sp³-hybridized carbons (Fsp3) is 0.231. The first-order chi connectivity index (χ1) is 10.1. The second kappa shape index (κ2) is 4.89. The van der Waals surface area contributed by atoms with E-state index in [1.165, 1.54) is 18.2 Å². The van der Waals surface area contributed by atoms with Crippen molar-refractivity contribution in [3.05, 3.63) is 52.1 Å². The number of carbonyl (C=O) groups excluding carboxylic acids is 1. The molecule has 1 aromatic heterocycles. The number of rotatable bonds is 2. The molecule has 3 rings (SSSR count). The Morgan fingerprint density at radius 3 is 2.95 bits per heavy atom. The number of nitrogens with zero attached hydrogens (tertiary/aromatic N) is 4. The first-order valence-corrected chi connectivity index (χ1v) is 6.39. The number of nitro groups is 1. The molecule has 0 atom stereocenters. The van der Waals surface area contributed by atoms with Crippen LogP contribution in [0, 0.1) is 10.1 Å². The number of amides is 1. The summed E-state index contributed by atoms with van der Waals surface area (Å²) in [5.41, 5.74) is 5.59. The minimum absolute atomic E-state index is 0.0470. The highest BCUT2D eigenvalue weighted by Gasteiger charge is 2.24. The quantitative estimate of drug-likeness (QED) is 0.504. The standard InChI is InChI=1S/C13H13N5O3/c14-10-2-1-9(7-11(10)18(20)21)13(19)17-6-5-16-4-3-15-12(16)8-17/h1-4,7H,5-6,8,14H2. The van der Waals surface area contributed by atoms with Gasteiger partial charge in [0.2, 0.25) is 0 Å². The van der Waals surface area contributed by atoms with Gasteiger partial charge in [0.05, 0.1) is 11.5 Å². The molecule has 2 heterocycles. The van der Waals surface area contributed by atoms with Crippen LogP contribution in [0.5, 0.6) is 0 Å². The maximum atomic E-state index is 12.4. The van der Waals surface area contributed by atoms with Gasteiger partial charge in [0, 0.05) is 37.1 Å². The zero-order chi connectivity index (χ0) is 15.0. The number of benzene rings is 1. The molecule has 1 aliphatic heterocycles. The topological polar surface area (TPSA) is 107 Å². The van der Waals surface area contributed by atoms with Crippen molar-refractivity contribution in [1.82, 2.24) is 14.5 Å². The predicted octanol–water partition coefficient (Wildman–Crippen LogP) is 1.03. The molecule has 1 aromatic carbocycles. The van der Waals surface area contributed by atoms with E-state index in [9.17, 15) is 14.9 Å². The van der Waals surface area contributed by atoms with Crippen LogP contribution >= 0.6 is 0 Å². The number of nitrogens with two attached hydrogens (primary N) is 1. The second-order valence-electron chi connectivity index (χ2n) is 4.79. The molecule has 0 fully saturated rings. The summed E-state index contributed by atoms with van der Waals surface area (Å²) in [6.07, 6.45) is 3.56. The van der Waals surface area contributed by atoms with Gasteiger partial charge in [0.1, 0.15) is 11.5 Å². The fourth-order valence-corrected chi connectivity index (χ4v) is 2.36. The second-order valence-corrected chi connectivity index (χ2v) is 4.79. The lowest BCUT2D eigenvalue weighted by molar-refractivity contribution is -0.383. The Bertz CT molecular complexity index is 724. The maximum Gasteiger partial charge on any atom is 0.292 e. The summed E-state index contributed by atoms with van der Waals surface area (Å²) in [5, 5.41) is 10.9. The highest BCUT2D eigenvalue weighted by Crippen LogP contribution is 2.24. The first-order valence-electron chi connectivity index (χ1n) is 6.39. The normalized spacial score (nSPS) is 13.8. The molecule has 0 bridgehead atoms. The van der Waals surface area contributed by atoms with E-state index in [2.05, 4.69) is 4.98 Å². The molecule has 21 heavy (non-hydrogen) atoms. The largest absolute Gasteiger partial charge is 0.393 e. The van der Waals surface area contributed by atoms with Gasteiger partial charge in [-0.15, -0.1) is 0 Å². The molecule has 8 nitrogen and oxygen atoms in total. The van der Waals surface area contributed by atoms with Crippen molar-refractivity contribution < 1.29 is 9.72 Å². The van der Waals surface area contributed by atoms with Crippen LogP contribution in [0.3, 0.4) is 0 Å². The van der Waals surface area contributed by atoms with Crippen molar-refractivity contribution in [2.24, 2.45) is 0 Å². The Morgan fingerprint density at radius 2 is 2.19 bits per heavy atom. The van der Waals surface area contributed by atoms with Crippen molar-refractivity contribution in [1.29, 1.82) is 0 Å². The molecule has 8 heteroatoms. The van der Waals surface area contributed by atoms with E-state index in [0.717, 1.165) is 5.82 Å². The minimum atomic E-state index is -0.588. The van der Waals surface area contributed by atoms with Crippen molar-refractivity contribution in [2.45, 2.75) is 13.1 Å². The molecule has 0 saturated heterocycles. The lowest BCUT2D eigenvalue weighted by Gasteiger charge is -2.27. The number of nitrogen functional groups attached to an aromatic ring is 1. The molecule has 0 unspecified atom stereocenters. The number of fused-ring (bicyclic) bond motifs is 1. The maximum absolute atomic E-state index is 12.4. The van der Waals surface area contributed by atoms with Gasteiger partial charge in [-0.3, -0.25) is 14.9 Å². The van der Waals surface area contributed by atoms with Crippen LogP contribution in [-0.2, 0) is 13.1 Å². The number of hydrogen-bond donors (Lipinski definition) is 1. The van der Waals surface area contributed by atoms with E-state index in [1.807, 2.05) is 10.8 Å². The van der Waals surface area contributed by atoms with Crippen LogP contribution in [0.1, 0.15) is 16.2 Å². The van der Waals surface area contributed by atoms with Crippen LogP contribution in [0.4, 0.5) is 11.4 Å². The summed E-state index contributed by atoms with van der Waals surface area (Å²) >= 11 is 0. The SMILES string of the molecule is Nc1ccc(C(=O)N2CCn3ccnc3C2)cc1[N+](=O)[O-]. The third kappa shape index (κ3) is 2.31. The van der Waals surface area contributed by atoms with E-state index < -0.39 is 4.92 Å². The van der Waals surface area contributed by atoms with Crippen LogP contribution in [0.25, 0.3) is 0 Å². The fourth-order valence-electron chi connectivity index (χ4n) is 2.36. The molecule has 0 radical (unpaired) electrons. The van der Waals surface area contributed by atoms with Gasteiger partial charge in [0.25, 0.3) is 11.6 Å². The number of nitro benzene ring substituents is 1. The minimum Gasteiger partial charge on any atom is -0.393 e. The smallest absolute Gasteiger partial charge is 0.292 e. The van der Waals surface area contributed by atoms with E-state index in [-0.39, 0.29) is 22.8 Å². The van der Waals surface area contributed by atoms with E-state index >= 15 is 0 Å². The van der Waals surface area contributed by atoms with E-state index in [1.54, 1.807) is 11.1 Å². The average Bonchev–Trinajstić information content (AvgIpc) is 2.94. The summed E-state index contributed by atoms with van der Waals surface area (Å²) < 4.78 is 1.98. The molecule has 0 saturated carbocycles. The summed E-state index contributed by atoms with van der Waals surface area (Å²) in [4.78, 5) is 28.6. The van der Waals surface area contributed by atoms with Crippen LogP contribution in [0.15, 0.2) is 30.6 Å². The molecule has 1 aliphatic rings. The van der Waals surface area contributed by atoms with Crippen molar-refractivity contribution in [2.75, 3.05) is 12.3 Å². The lowest BCUT2D eigenvalue weighted by Crippen LogP contribution is -2.38. The Labute approximate surface area is 119 Å². The molecule has 1 amide bonds. The average molecular weight is 287 g/mol. The summed E-state index contributed by atoms with van der Waals surface area (Å²) in [6, 6.07) is 4.11. The Hall–Kier alpha value is -2.90. The molecule has 0 aliphatic carbocycles. The molecular formula is C13H13N5O3. The van der Waals surface area contributed by atoms with Crippen molar-refractivity contribution >= 4 is 17.3 Å². The van der Waals surface area contributed by atoms with Crippen molar-refractivity contribution in [3.63, 3.8) is 0 Å². The van der Waals surface area contributed by atoms with Gasteiger partial charge in [-0.1, -0.05) is 0 Å². The zero-order valence-corrected chi connectivity index (χ0v) is 11.1. The molecular weight excluding hydrogens is 274 g/mol. The molecule has 108 valence electrons. The van der Waals surface area contributed by atoms with Gasteiger partial charge in [0.15, 0.2) is 0 Å². The van der Waals surface area contributed by atoms with Crippen LogP contribution in [-0.4, -0.2) is 31.8 Å². The first kappa shape index (κ1) is 13.1. The molecule has 0 spiro atoms. The summed E-state index contributed by atoms with van der Waals surface area (Å²) in [6.45, 7) is 1.60. The monoisotopic (exact) mass is 287 g/mol. The third-order valence-electron chi connectivity index (χ3n) is 3.51. The summed E-state index contributed by atoms with van der Waals surface area (Å²) in [5.74, 6) is 0.548. The molecule has 2 N–H and O–H groups in total. The molecule has 2 aromatic rings. The van der Waals surface area contributed by atoms with Gasteiger partial charge >= 0.3 is 0 Å². The Morgan fingerprint density at radius 1 is 1.38 bits per heavy atom. The van der Waals surface area contributed by atoms with E-state index in [4.69, 9.17) is 5.73 Å². The van der Waals surface area contributed by atoms with Gasteiger partial charge in [-0.05, 0) is 12.1 Å². The number of hydrogen-bond acceptors (Lipinski definition) is 5. The lowest BCUT2D eigenvalue weighted by atomic mass is 10.1. The highest BCUT2D eigenvalue weighted by atomic mass is 16.6. The van der Waals surface area contributed by atoms with Gasteiger partial charge in [-0.2, -0.15) is 0 Å². The Kier molecular flexibility index (Phi) is 3.05. The number of aromatic nitrogens is 2. The zero-order valence-electron chi connectivity index (χ0n) is 11.1. The third-order valence-corrected chi connectivity index (χ3v) is 3.51. The van der Waals surface area contributed by atoms with Crippen LogP contribution < -0.4 is 5.73 Å². The number of carbonyl (C=O) groups is 1. The summed E-state index contributed by atoms with van der Waals surface area (Å²) in [7, 11) is 0. The van der Waals surface area contributed by atoms with Gasteiger partial charge in [-0.25, -0.2) is 4.98 Å². The number of anilines is 1. The van der Waals surface area contributed by atoms with E-state index in [0.29, 0.717) is 19.6 Å². The van der Waals surface area contributed by atoms with Crippen LogP contribution in [0.2, 0.25) is 0 Å². The van der Waals surface area contributed by atoms with Gasteiger partial charge < -0.3 is 15.2 Å². The predicted molar refractivity (Wildman–Crippen MR) is 74.5 cm³/mol.